The van der Waals surface area contributed by atoms with Crippen LogP contribution in [0.4, 0.5) is 8.78 Å². The van der Waals surface area contributed by atoms with Gasteiger partial charge in [0.15, 0.2) is 17.7 Å². The van der Waals surface area contributed by atoms with Gasteiger partial charge < -0.3 is 9.84 Å². The highest BCUT2D eigenvalue weighted by atomic mass is 19.1. The molecule has 5 heteroatoms. The molecule has 1 fully saturated rings. The molecule has 3 nitrogen and oxygen atoms in total. The smallest absolute Gasteiger partial charge is 0.345 e. The first-order chi connectivity index (χ1) is 7.58. The Morgan fingerprint density at radius 1 is 1.44 bits per heavy atom. The number of carboxylic acid groups (broad SMARTS) is 1. The molecule has 0 saturated heterocycles. The Labute approximate surface area is 90.7 Å². The summed E-state index contributed by atoms with van der Waals surface area (Å²) in [6.45, 7) is 0. The van der Waals surface area contributed by atoms with Crippen LogP contribution in [0.3, 0.4) is 0 Å². The zero-order chi connectivity index (χ0) is 11.7. The summed E-state index contributed by atoms with van der Waals surface area (Å²) >= 11 is 0. The van der Waals surface area contributed by atoms with Crippen molar-refractivity contribution in [1.29, 1.82) is 0 Å². The van der Waals surface area contributed by atoms with Crippen LogP contribution in [0.25, 0.3) is 0 Å². The van der Waals surface area contributed by atoms with Crippen molar-refractivity contribution >= 4 is 5.97 Å². The summed E-state index contributed by atoms with van der Waals surface area (Å²) in [6, 6.07) is 2.80. The minimum Gasteiger partial charge on any atom is -0.478 e. The van der Waals surface area contributed by atoms with Crippen LogP contribution in [0.1, 0.15) is 12.8 Å². The van der Waals surface area contributed by atoms with E-state index in [1.165, 1.54) is 0 Å². The lowest BCUT2D eigenvalue weighted by Gasteiger charge is -2.14. The molecule has 16 heavy (non-hydrogen) atoms. The van der Waals surface area contributed by atoms with Crippen LogP contribution in [-0.2, 0) is 4.79 Å². The lowest BCUT2D eigenvalue weighted by Crippen LogP contribution is -2.29. The second kappa shape index (κ2) is 4.08. The van der Waals surface area contributed by atoms with Gasteiger partial charge in [-0.2, -0.15) is 0 Å². The fourth-order valence-electron chi connectivity index (χ4n) is 1.45. The first-order valence-corrected chi connectivity index (χ1v) is 4.92. The Hall–Kier alpha value is -1.65. The normalized spacial score (nSPS) is 16.9. The number of ether oxygens (including phenoxy) is 1. The molecule has 0 radical (unpaired) electrons. The van der Waals surface area contributed by atoms with Crippen molar-refractivity contribution in [2.45, 2.75) is 18.9 Å². The Balaban J connectivity index is 2.15. The number of aliphatic carboxylic acids is 1. The van der Waals surface area contributed by atoms with Crippen molar-refractivity contribution in [1.82, 2.24) is 0 Å². The average Bonchev–Trinajstić information content (AvgIpc) is 2.99. The molecule has 0 spiro atoms. The van der Waals surface area contributed by atoms with E-state index in [4.69, 9.17) is 9.84 Å². The average molecular weight is 228 g/mol. The maximum atomic E-state index is 13.2. The summed E-state index contributed by atoms with van der Waals surface area (Å²) < 4.78 is 30.8. The van der Waals surface area contributed by atoms with Gasteiger partial charge in [-0.25, -0.2) is 13.6 Å². The molecule has 86 valence electrons. The molecule has 1 N–H and O–H groups in total. The molecule has 1 aromatic carbocycles. The maximum Gasteiger partial charge on any atom is 0.345 e. The van der Waals surface area contributed by atoms with Gasteiger partial charge in [0, 0.05) is 12.0 Å². The second-order valence-corrected chi connectivity index (χ2v) is 3.79. The summed E-state index contributed by atoms with van der Waals surface area (Å²) in [5.41, 5.74) is 0. The zero-order valence-electron chi connectivity index (χ0n) is 8.32. The molecular weight excluding hydrogens is 218 g/mol. The van der Waals surface area contributed by atoms with Gasteiger partial charge in [0.1, 0.15) is 5.82 Å². The number of hydrogen-bond donors (Lipinski definition) is 1. The van der Waals surface area contributed by atoms with E-state index in [0.29, 0.717) is 6.07 Å². The van der Waals surface area contributed by atoms with E-state index < -0.39 is 23.7 Å². The SMILES string of the molecule is O=C(O)C(Oc1ccc(F)cc1F)C1CC1. The third-order valence-electron chi connectivity index (χ3n) is 2.44. The van der Waals surface area contributed by atoms with Crippen LogP contribution in [0.15, 0.2) is 18.2 Å². The lowest BCUT2D eigenvalue weighted by atomic mass is 10.2. The molecule has 1 atom stereocenters. The molecule has 1 aromatic rings. The van der Waals surface area contributed by atoms with Gasteiger partial charge in [-0.05, 0) is 25.0 Å². The van der Waals surface area contributed by atoms with E-state index in [1.54, 1.807) is 0 Å². The van der Waals surface area contributed by atoms with E-state index in [9.17, 15) is 13.6 Å². The fourth-order valence-corrected chi connectivity index (χ4v) is 1.45. The molecule has 1 unspecified atom stereocenters. The monoisotopic (exact) mass is 228 g/mol. The molecule has 0 aliphatic heterocycles. The van der Waals surface area contributed by atoms with Crippen molar-refractivity contribution in [2.75, 3.05) is 0 Å². The quantitative estimate of drug-likeness (QED) is 0.859. The predicted molar refractivity (Wildman–Crippen MR) is 51.1 cm³/mol. The van der Waals surface area contributed by atoms with Crippen LogP contribution >= 0.6 is 0 Å². The second-order valence-electron chi connectivity index (χ2n) is 3.79. The molecule has 1 aliphatic rings. The maximum absolute atomic E-state index is 13.2. The van der Waals surface area contributed by atoms with Gasteiger partial charge in [0.2, 0.25) is 0 Å². The minimum atomic E-state index is -1.12. The van der Waals surface area contributed by atoms with Gasteiger partial charge in [-0.1, -0.05) is 0 Å². The van der Waals surface area contributed by atoms with Gasteiger partial charge >= 0.3 is 5.97 Å². The Kier molecular flexibility index (Phi) is 2.77. The van der Waals surface area contributed by atoms with Gasteiger partial charge in [0.25, 0.3) is 0 Å². The van der Waals surface area contributed by atoms with E-state index in [0.717, 1.165) is 25.0 Å². The van der Waals surface area contributed by atoms with E-state index in [2.05, 4.69) is 0 Å². The van der Waals surface area contributed by atoms with Crippen LogP contribution in [0, 0.1) is 17.6 Å². The summed E-state index contributed by atoms with van der Waals surface area (Å²) in [7, 11) is 0. The number of benzene rings is 1. The van der Waals surface area contributed by atoms with Crippen LogP contribution in [0.2, 0.25) is 0 Å². The number of carbonyl (C=O) groups is 1. The first-order valence-electron chi connectivity index (χ1n) is 4.92. The Bertz CT molecular complexity index is 416. The van der Waals surface area contributed by atoms with E-state index >= 15 is 0 Å². The highest BCUT2D eigenvalue weighted by Gasteiger charge is 2.38. The van der Waals surface area contributed by atoms with Gasteiger partial charge in [-0.15, -0.1) is 0 Å². The fraction of sp³-hybridized carbons (Fsp3) is 0.364. The molecule has 0 aromatic heterocycles. The highest BCUT2D eigenvalue weighted by molar-refractivity contribution is 5.73. The topological polar surface area (TPSA) is 46.5 Å². The number of halogens is 2. The van der Waals surface area contributed by atoms with Crippen LogP contribution in [-0.4, -0.2) is 17.2 Å². The molecular formula is C11H10F2O3. The van der Waals surface area contributed by atoms with Crippen LogP contribution in [0.5, 0.6) is 5.75 Å². The van der Waals surface area contributed by atoms with Crippen molar-refractivity contribution < 1.29 is 23.4 Å². The molecule has 1 saturated carbocycles. The predicted octanol–water partition coefficient (Wildman–Crippen LogP) is 2.21. The minimum absolute atomic E-state index is 0.0676. The Morgan fingerprint density at radius 2 is 2.12 bits per heavy atom. The van der Waals surface area contributed by atoms with Crippen LogP contribution < -0.4 is 4.74 Å². The summed E-state index contributed by atoms with van der Waals surface area (Å²) in [5.74, 6) is -3.01. The van der Waals surface area contributed by atoms with E-state index in [-0.39, 0.29) is 11.7 Å². The summed E-state index contributed by atoms with van der Waals surface area (Å²) in [5, 5.41) is 8.87. The first kappa shape index (κ1) is 10.9. The number of carboxylic acids is 1. The van der Waals surface area contributed by atoms with Crippen molar-refractivity contribution in [3.8, 4) is 5.75 Å². The van der Waals surface area contributed by atoms with Crippen molar-refractivity contribution in [2.24, 2.45) is 5.92 Å². The van der Waals surface area contributed by atoms with Crippen molar-refractivity contribution in [3.05, 3.63) is 29.8 Å². The van der Waals surface area contributed by atoms with Gasteiger partial charge in [-0.3, -0.25) is 0 Å². The molecule has 0 bridgehead atoms. The van der Waals surface area contributed by atoms with E-state index in [1.807, 2.05) is 0 Å². The third kappa shape index (κ3) is 2.29. The van der Waals surface area contributed by atoms with Gasteiger partial charge in [0.05, 0.1) is 0 Å². The molecule has 2 rings (SSSR count). The number of hydrogen-bond acceptors (Lipinski definition) is 2. The number of rotatable bonds is 4. The lowest BCUT2D eigenvalue weighted by molar-refractivity contribution is -0.146. The standard InChI is InChI=1S/C11H10F2O3/c12-7-3-4-9(8(13)5-7)16-10(11(14)15)6-1-2-6/h3-6,10H,1-2H2,(H,14,15). The molecule has 0 heterocycles. The molecule has 1 aliphatic carbocycles. The summed E-state index contributed by atoms with van der Waals surface area (Å²) in [4.78, 5) is 10.8. The summed E-state index contributed by atoms with van der Waals surface area (Å²) in [6.07, 6.45) is 0.486. The molecule has 0 amide bonds. The largest absolute Gasteiger partial charge is 0.478 e. The Morgan fingerprint density at radius 3 is 2.62 bits per heavy atom. The zero-order valence-corrected chi connectivity index (χ0v) is 8.32. The van der Waals surface area contributed by atoms with Crippen molar-refractivity contribution in [3.63, 3.8) is 0 Å². The highest BCUT2D eigenvalue weighted by Crippen LogP contribution is 2.35. The third-order valence-corrected chi connectivity index (χ3v) is 2.44.